The summed E-state index contributed by atoms with van der Waals surface area (Å²) >= 11 is 12.5. The quantitative estimate of drug-likeness (QED) is 0.443. The molecule has 0 aliphatic heterocycles. The van der Waals surface area contributed by atoms with Crippen LogP contribution in [0.15, 0.2) is 42.5 Å². The molecule has 0 radical (unpaired) electrons. The normalized spacial score (nSPS) is 12.3. The Balaban J connectivity index is 2.22. The van der Waals surface area contributed by atoms with Gasteiger partial charge < -0.3 is 10.2 Å². The number of halogens is 2. The van der Waals surface area contributed by atoms with Crippen molar-refractivity contribution in [3.63, 3.8) is 0 Å². The Bertz CT molecular complexity index is 1160. The lowest BCUT2D eigenvalue weighted by Crippen LogP contribution is -2.49. The molecule has 7 nitrogen and oxygen atoms in total. The highest BCUT2D eigenvalue weighted by molar-refractivity contribution is 7.92. The zero-order chi connectivity index (χ0) is 26.3. The van der Waals surface area contributed by atoms with E-state index < -0.39 is 16.1 Å². The maximum Gasteiger partial charge on any atom is 0.242 e. The highest BCUT2D eigenvalue weighted by atomic mass is 35.5. The Hall–Kier alpha value is -2.29. The molecule has 0 fully saturated rings. The molecule has 0 aliphatic rings. The number of sulfonamides is 1. The van der Waals surface area contributed by atoms with Crippen LogP contribution in [-0.2, 0) is 26.2 Å². The van der Waals surface area contributed by atoms with E-state index in [0.29, 0.717) is 21.3 Å². The third-order valence-electron chi connectivity index (χ3n) is 5.56. The molecule has 0 aliphatic carbocycles. The first-order valence-electron chi connectivity index (χ1n) is 11.4. The number of carbonyl (C=O) groups is 2. The van der Waals surface area contributed by atoms with Crippen LogP contribution in [0.1, 0.15) is 44.7 Å². The fraction of sp³-hybridized carbons (Fsp3) is 0.440. The van der Waals surface area contributed by atoms with Crippen molar-refractivity contribution in [2.24, 2.45) is 0 Å². The van der Waals surface area contributed by atoms with Crippen molar-refractivity contribution in [3.05, 3.63) is 63.6 Å². The maximum absolute atomic E-state index is 13.3. The molecule has 2 aromatic rings. The first kappa shape index (κ1) is 28.9. The van der Waals surface area contributed by atoms with Gasteiger partial charge >= 0.3 is 0 Å². The lowest BCUT2D eigenvalue weighted by atomic mass is 10.1. The summed E-state index contributed by atoms with van der Waals surface area (Å²) in [4.78, 5) is 27.5. The van der Waals surface area contributed by atoms with Crippen LogP contribution in [0, 0.1) is 6.92 Å². The molecule has 0 spiro atoms. The molecule has 35 heavy (non-hydrogen) atoms. The molecule has 2 aromatic carbocycles. The largest absolute Gasteiger partial charge is 0.352 e. The molecule has 2 amide bonds. The van der Waals surface area contributed by atoms with Crippen molar-refractivity contribution in [1.82, 2.24) is 10.2 Å². The average Bonchev–Trinajstić information content (AvgIpc) is 2.76. The monoisotopic (exact) mass is 541 g/mol. The molecule has 0 unspecified atom stereocenters. The number of rotatable bonds is 11. The summed E-state index contributed by atoms with van der Waals surface area (Å²) in [6, 6.07) is 11.4. The van der Waals surface area contributed by atoms with Gasteiger partial charge in [0.1, 0.15) is 6.04 Å². The second-order valence-electron chi connectivity index (χ2n) is 8.77. The third-order valence-corrected chi connectivity index (χ3v) is 7.51. The molecule has 1 N–H and O–H groups in total. The lowest BCUT2D eigenvalue weighted by molar-refractivity contribution is -0.140. The van der Waals surface area contributed by atoms with Gasteiger partial charge in [0.15, 0.2) is 0 Å². The summed E-state index contributed by atoms with van der Waals surface area (Å²) in [6.07, 6.45) is 1.43. The highest BCUT2D eigenvalue weighted by Crippen LogP contribution is 2.28. The van der Waals surface area contributed by atoms with Crippen LogP contribution >= 0.6 is 23.2 Å². The van der Waals surface area contributed by atoms with E-state index in [1.807, 2.05) is 26.0 Å². The molecule has 0 heterocycles. The Kier molecular flexibility index (Phi) is 10.4. The molecule has 0 aromatic heterocycles. The molecule has 10 heteroatoms. The van der Waals surface area contributed by atoms with Gasteiger partial charge in [-0.2, -0.15) is 0 Å². The highest BCUT2D eigenvalue weighted by Gasteiger charge is 2.27. The van der Waals surface area contributed by atoms with Crippen molar-refractivity contribution in [2.45, 2.75) is 59.2 Å². The predicted molar refractivity (Wildman–Crippen MR) is 142 cm³/mol. The Labute approximate surface area is 218 Å². The topological polar surface area (TPSA) is 86.8 Å². The molecule has 0 saturated heterocycles. The van der Waals surface area contributed by atoms with E-state index in [9.17, 15) is 18.0 Å². The van der Waals surface area contributed by atoms with Gasteiger partial charge in [0.25, 0.3) is 0 Å². The number of benzene rings is 2. The number of amides is 2. The molecule has 0 saturated carbocycles. The second-order valence-corrected chi connectivity index (χ2v) is 11.5. The maximum atomic E-state index is 13.3. The minimum Gasteiger partial charge on any atom is -0.352 e. The number of hydrogen-bond acceptors (Lipinski definition) is 4. The number of anilines is 1. The summed E-state index contributed by atoms with van der Waals surface area (Å²) < 4.78 is 26.3. The minimum absolute atomic E-state index is 0.0510. The van der Waals surface area contributed by atoms with Crippen molar-refractivity contribution < 1.29 is 18.0 Å². The van der Waals surface area contributed by atoms with Crippen molar-refractivity contribution in [2.75, 3.05) is 17.1 Å². The average molecular weight is 543 g/mol. The first-order valence-corrected chi connectivity index (χ1v) is 14.0. The van der Waals surface area contributed by atoms with Gasteiger partial charge in [0.2, 0.25) is 21.8 Å². The fourth-order valence-electron chi connectivity index (χ4n) is 3.65. The summed E-state index contributed by atoms with van der Waals surface area (Å²) in [5.74, 6) is -0.541. The lowest BCUT2D eigenvalue weighted by Gasteiger charge is -2.30. The van der Waals surface area contributed by atoms with E-state index in [1.54, 1.807) is 44.2 Å². The second kappa shape index (κ2) is 12.6. The summed E-state index contributed by atoms with van der Waals surface area (Å²) in [6.45, 7) is 7.38. The van der Waals surface area contributed by atoms with Crippen LogP contribution < -0.4 is 9.62 Å². The number of carbonyl (C=O) groups excluding carboxylic acids is 2. The van der Waals surface area contributed by atoms with Gasteiger partial charge in [-0.3, -0.25) is 13.9 Å². The smallest absolute Gasteiger partial charge is 0.242 e. The van der Waals surface area contributed by atoms with Gasteiger partial charge in [0, 0.05) is 35.6 Å². The zero-order valence-corrected chi connectivity index (χ0v) is 23.0. The van der Waals surface area contributed by atoms with E-state index in [2.05, 4.69) is 5.32 Å². The van der Waals surface area contributed by atoms with Crippen LogP contribution in [0.5, 0.6) is 0 Å². The summed E-state index contributed by atoms with van der Waals surface area (Å²) in [5.41, 5.74) is 1.84. The van der Waals surface area contributed by atoms with Gasteiger partial charge in [0.05, 0.1) is 11.9 Å². The van der Waals surface area contributed by atoms with Crippen molar-refractivity contribution in [3.8, 4) is 0 Å². The molecule has 2 rings (SSSR count). The molecular formula is C25H33Cl2N3O4S. The molecule has 192 valence electrons. The van der Waals surface area contributed by atoms with Crippen molar-refractivity contribution >= 4 is 50.7 Å². The number of nitrogens with zero attached hydrogens (tertiary/aromatic N) is 2. The van der Waals surface area contributed by atoms with Gasteiger partial charge in [-0.25, -0.2) is 8.42 Å². The minimum atomic E-state index is -3.60. The molecular weight excluding hydrogens is 509 g/mol. The zero-order valence-electron chi connectivity index (χ0n) is 20.7. The van der Waals surface area contributed by atoms with Gasteiger partial charge in [-0.15, -0.1) is 0 Å². The van der Waals surface area contributed by atoms with Crippen LogP contribution in [0.4, 0.5) is 5.69 Å². The van der Waals surface area contributed by atoms with Crippen molar-refractivity contribution in [1.29, 1.82) is 0 Å². The molecule has 0 bridgehead atoms. The van der Waals surface area contributed by atoms with Crippen LogP contribution in [0.3, 0.4) is 0 Å². The van der Waals surface area contributed by atoms with E-state index in [1.165, 1.54) is 9.21 Å². The first-order chi connectivity index (χ1) is 16.3. The Morgan fingerprint density at radius 2 is 1.63 bits per heavy atom. The standard InChI is InChI=1S/C25H33Cl2N3O4S/c1-17(2)28-25(32)19(4)29(16-20-10-6-7-11-22(20)27)24(31)14-9-15-30(35(5,33)34)23-13-8-12-21(26)18(23)3/h6-8,10-13,17,19H,9,14-16H2,1-5H3,(H,28,32)/t19-/m1/s1. The molecule has 1 atom stereocenters. The number of hydrogen-bond donors (Lipinski definition) is 1. The Morgan fingerprint density at radius 1 is 1.00 bits per heavy atom. The van der Waals surface area contributed by atoms with E-state index in [-0.39, 0.29) is 43.8 Å². The van der Waals surface area contributed by atoms with E-state index in [4.69, 9.17) is 23.2 Å². The summed E-state index contributed by atoms with van der Waals surface area (Å²) in [5, 5.41) is 3.80. The summed E-state index contributed by atoms with van der Waals surface area (Å²) in [7, 11) is -3.60. The van der Waals surface area contributed by atoms with E-state index >= 15 is 0 Å². The van der Waals surface area contributed by atoms with Gasteiger partial charge in [-0.1, -0.05) is 47.5 Å². The van der Waals surface area contributed by atoms with Gasteiger partial charge in [-0.05, 0) is 63.4 Å². The van der Waals surface area contributed by atoms with Crippen LogP contribution in [0.2, 0.25) is 10.0 Å². The van der Waals surface area contributed by atoms with Crippen LogP contribution in [0.25, 0.3) is 0 Å². The van der Waals surface area contributed by atoms with Crippen LogP contribution in [-0.4, -0.2) is 50.0 Å². The predicted octanol–water partition coefficient (Wildman–Crippen LogP) is 4.79. The third kappa shape index (κ3) is 8.12. The SMILES string of the molecule is Cc1c(Cl)cccc1N(CCCC(=O)N(Cc1ccccc1Cl)[C@H](C)C(=O)NC(C)C)S(C)(=O)=O. The number of nitrogens with one attached hydrogen (secondary N) is 1. The fourth-order valence-corrected chi connectivity index (χ4v) is 5.03. The Morgan fingerprint density at radius 3 is 2.23 bits per heavy atom. The van der Waals surface area contributed by atoms with E-state index in [0.717, 1.165) is 11.8 Å².